The lowest BCUT2D eigenvalue weighted by atomic mass is 9.99. The molecule has 1 atom stereocenters. The molecule has 0 bridgehead atoms. The number of amides is 1. The SMILES string of the molecule is Cl.O=C(Nc1ccc(C(F)(F)F)cc1)[C@@H]1CCCNC1. The van der Waals surface area contributed by atoms with E-state index in [4.69, 9.17) is 0 Å². The third-order valence-electron chi connectivity index (χ3n) is 3.15. The van der Waals surface area contributed by atoms with Crippen LogP contribution in [-0.2, 0) is 11.0 Å². The van der Waals surface area contributed by atoms with Crippen molar-refractivity contribution in [1.82, 2.24) is 5.32 Å². The van der Waals surface area contributed by atoms with Crippen molar-refractivity contribution in [2.75, 3.05) is 18.4 Å². The summed E-state index contributed by atoms with van der Waals surface area (Å²) < 4.78 is 37.1. The van der Waals surface area contributed by atoms with Crippen molar-refractivity contribution < 1.29 is 18.0 Å². The first-order valence-corrected chi connectivity index (χ1v) is 6.15. The van der Waals surface area contributed by atoms with E-state index in [0.29, 0.717) is 12.2 Å². The van der Waals surface area contributed by atoms with E-state index in [9.17, 15) is 18.0 Å². The maximum absolute atomic E-state index is 12.4. The Morgan fingerprint density at radius 1 is 1.25 bits per heavy atom. The molecule has 1 aliphatic rings. The monoisotopic (exact) mass is 308 g/mol. The van der Waals surface area contributed by atoms with Crippen LogP contribution in [0.25, 0.3) is 0 Å². The van der Waals surface area contributed by atoms with Crippen LogP contribution in [0.5, 0.6) is 0 Å². The van der Waals surface area contributed by atoms with E-state index in [1.54, 1.807) is 0 Å². The van der Waals surface area contributed by atoms with Crippen LogP contribution < -0.4 is 10.6 Å². The number of anilines is 1. The first-order valence-electron chi connectivity index (χ1n) is 6.15. The molecule has 1 aromatic rings. The number of carbonyl (C=O) groups is 1. The van der Waals surface area contributed by atoms with Gasteiger partial charge in [-0.3, -0.25) is 4.79 Å². The van der Waals surface area contributed by atoms with E-state index < -0.39 is 11.7 Å². The van der Waals surface area contributed by atoms with Crippen molar-refractivity contribution in [3.05, 3.63) is 29.8 Å². The quantitative estimate of drug-likeness (QED) is 0.881. The molecule has 1 heterocycles. The molecule has 3 nitrogen and oxygen atoms in total. The fourth-order valence-corrected chi connectivity index (χ4v) is 2.06. The Bertz CT molecular complexity index is 442. The number of carbonyl (C=O) groups excluding carboxylic acids is 1. The first kappa shape index (κ1) is 16.8. The topological polar surface area (TPSA) is 41.1 Å². The van der Waals surface area contributed by atoms with Crippen LogP contribution in [0.15, 0.2) is 24.3 Å². The molecular formula is C13H16ClF3N2O. The van der Waals surface area contributed by atoms with Crippen LogP contribution in [0.3, 0.4) is 0 Å². The Morgan fingerprint density at radius 3 is 2.40 bits per heavy atom. The normalized spacial score (nSPS) is 19.1. The van der Waals surface area contributed by atoms with E-state index in [2.05, 4.69) is 10.6 Å². The summed E-state index contributed by atoms with van der Waals surface area (Å²) >= 11 is 0. The zero-order chi connectivity index (χ0) is 13.9. The van der Waals surface area contributed by atoms with Crippen LogP contribution in [0, 0.1) is 5.92 Å². The number of halogens is 4. The predicted molar refractivity (Wildman–Crippen MR) is 72.9 cm³/mol. The number of benzene rings is 1. The van der Waals surface area contributed by atoms with E-state index in [1.807, 2.05) is 0 Å². The minimum atomic E-state index is -4.35. The number of alkyl halides is 3. The summed E-state index contributed by atoms with van der Waals surface area (Å²) in [5, 5.41) is 5.76. The molecule has 2 N–H and O–H groups in total. The Morgan fingerprint density at radius 2 is 1.90 bits per heavy atom. The van der Waals surface area contributed by atoms with Gasteiger partial charge in [-0.15, -0.1) is 12.4 Å². The van der Waals surface area contributed by atoms with Gasteiger partial charge in [-0.1, -0.05) is 0 Å². The van der Waals surface area contributed by atoms with Gasteiger partial charge < -0.3 is 10.6 Å². The lowest BCUT2D eigenvalue weighted by Gasteiger charge is -2.21. The van der Waals surface area contributed by atoms with Gasteiger partial charge in [0.25, 0.3) is 0 Å². The average molecular weight is 309 g/mol. The van der Waals surface area contributed by atoms with Crippen molar-refractivity contribution in [2.24, 2.45) is 5.92 Å². The highest BCUT2D eigenvalue weighted by atomic mass is 35.5. The van der Waals surface area contributed by atoms with Crippen LogP contribution >= 0.6 is 12.4 Å². The lowest BCUT2D eigenvalue weighted by Crippen LogP contribution is -2.37. The molecule has 0 unspecified atom stereocenters. The minimum Gasteiger partial charge on any atom is -0.326 e. The molecule has 0 saturated carbocycles. The summed E-state index contributed by atoms with van der Waals surface area (Å²) in [6.45, 7) is 1.52. The van der Waals surface area contributed by atoms with Gasteiger partial charge in [0.2, 0.25) is 5.91 Å². The van der Waals surface area contributed by atoms with Gasteiger partial charge in [0.05, 0.1) is 11.5 Å². The van der Waals surface area contributed by atoms with Crippen LogP contribution in [0.1, 0.15) is 18.4 Å². The molecule has 1 fully saturated rings. The summed E-state index contributed by atoms with van der Waals surface area (Å²) in [6, 6.07) is 4.48. The highest BCUT2D eigenvalue weighted by Crippen LogP contribution is 2.29. The second-order valence-electron chi connectivity index (χ2n) is 4.61. The number of rotatable bonds is 2. The maximum atomic E-state index is 12.4. The maximum Gasteiger partial charge on any atom is 0.416 e. The molecule has 0 radical (unpaired) electrons. The Labute approximate surface area is 121 Å². The van der Waals surface area contributed by atoms with Crippen LogP contribution in [-0.4, -0.2) is 19.0 Å². The largest absolute Gasteiger partial charge is 0.416 e. The van der Waals surface area contributed by atoms with Crippen molar-refractivity contribution in [2.45, 2.75) is 19.0 Å². The third kappa shape index (κ3) is 4.38. The molecular weight excluding hydrogens is 293 g/mol. The second kappa shape index (κ2) is 6.95. The van der Waals surface area contributed by atoms with Gasteiger partial charge in [0.15, 0.2) is 0 Å². The second-order valence-corrected chi connectivity index (χ2v) is 4.61. The molecule has 1 aromatic carbocycles. The van der Waals surface area contributed by atoms with Gasteiger partial charge in [-0.05, 0) is 43.7 Å². The Balaban J connectivity index is 0.00000200. The minimum absolute atomic E-state index is 0. The summed E-state index contributed by atoms with van der Waals surface area (Å²) in [6.07, 6.45) is -2.61. The van der Waals surface area contributed by atoms with Gasteiger partial charge in [0, 0.05) is 12.2 Å². The molecule has 1 amide bonds. The number of piperidine rings is 1. The number of hydrogen-bond donors (Lipinski definition) is 2. The zero-order valence-corrected chi connectivity index (χ0v) is 11.5. The molecule has 1 saturated heterocycles. The lowest BCUT2D eigenvalue weighted by molar-refractivity contribution is -0.137. The van der Waals surface area contributed by atoms with Crippen LogP contribution in [0.2, 0.25) is 0 Å². The number of nitrogens with one attached hydrogen (secondary N) is 2. The highest BCUT2D eigenvalue weighted by molar-refractivity contribution is 5.92. The van der Waals surface area contributed by atoms with Crippen molar-refractivity contribution in [1.29, 1.82) is 0 Å². The van der Waals surface area contributed by atoms with E-state index in [0.717, 1.165) is 31.5 Å². The van der Waals surface area contributed by atoms with E-state index in [-0.39, 0.29) is 24.2 Å². The fourth-order valence-electron chi connectivity index (χ4n) is 2.06. The van der Waals surface area contributed by atoms with E-state index in [1.165, 1.54) is 12.1 Å². The molecule has 7 heteroatoms. The average Bonchev–Trinajstić information content (AvgIpc) is 2.39. The highest BCUT2D eigenvalue weighted by Gasteiger charge is 2.30. The first-order chi connectivity index (χ1) is 8.97. The van der Waals surface area contributed by atoms with Crippen molar-refractivity contribution in [3.63, 3.8) is 0 Å². The predicted octanol–water partition coefficient (Wildman–Crippen LogP) is 3.07. The molecule has 0 aromatic heterocycles. The van der Waals surface area contributed by atoms with Gasteiger partial charge in [-0.25, -0.2) is 0 Å². The summed E-state index contributed by atoms with van der Waals surface area (Å²) in [7, 11) is 0. The Hall–Kier alpha value is -1.27. The van der Waals surface area contributed by atoms with Gasteiger partial charge in [0.1, 0.15) is 0 Å². The fraction of sp³-hybridized carbons (Fsp3) is 0.462. The van der Waals surface area contributed by atoms with Gasteiger partial charge in [-0.2, -0.15) is 13.2 Å². The van der Waals surface area contributed by atoms with Crippen molar-refractivity contribution in [3.8, 4) is 0 Å². The van der Waals surface area contributed by atoms with Crippen molar-refractivity contribution >= 4 is 24.0 Å². The third-order valence-corrected chi connectivity index (χ3v) is 3.15. The molecule has 112 valence electrons. The number of hydrogen-bond acceptors (Lipinski definition) is 2. The smallest absolute Gasteiger partial charge is 0.326 e. The van der Waals surface area contributed by atoms with Gasteiger partial charge >= 0.3 is 6.18 Å². The Kier molecular flexibility index (Phi) is 5.83. The molecule has 20 heavy (non-hydrogen) atoms. The summed E-state index contributed by atoms with van der Waals surface area (Å²) in [5.41, 5.74) is -0.326. The molecule has 1 aliphatic heterocycles. The molecule has 0 aliphatic carbocycles. The molecule has 0 spiro atoms. The van der Waals surface area contributed by atoms with E-state index >= 15 is 0 Å². The summed E-state index contributed by atoms with van der Waals surface area (Å²) in [4.78, 5) is 11.9. The zero-order valence-electron chi connectivity index (χ0n) is 10.7. The standard InChI is InChI=1S/C13H15F3N2O.ClH/c14-13(15,16)10-3-5-11(6-4-10)18-12(19)9-2-1-7-17-8-9;/h3-6,9,17H,1-2,7-8H2,(H,18,19);1H/t9-;/m1./s1. The van der Waals surface area contributed by atoms with Crippen LogP contribution in [0.4, 0.5) is 18.9 Å². The molecule has 2 rings (SSSR count). The summed E-state index contributed by atoms with van der Waals surface area (Å²) in [5.74, 6) is -0.261.